The largest absolute Gasteiger partial charge is 0.451 e. The number of anilines is 1. The molecule has 4 rings (SSSR count). The maximum atomic E-state index is 12.9. The van der Waals surface area contributed by atoms with Gasteiger partial charge in [-0.25, -0.2) is 13.2 Å². The molecule has 2 saturated heterocycles. The van der Waals surface area contributed by atoms with E-state index in [1.165, 1.54) is 45.7 Å². The lowest BCUT2D eigenvalue weighted by atomic mass is 10.2. The number of benzene rings is 1. The zero-order valence-corrected chi connectivity index (χ0v) is 20.8. The van der Waals surface area contributed by atoms with Crippen molar-refractivity contribution in [1.82, 2.24) is 9.21 Å². The number of hydrogen-bond acceptors (Lipinski definition) is 8. The highest BCUT2D eigenvalue weighted by atomic mass is 32.2. The predicted molar refractivity (Wildman–Crippen MR) is 129 cm³/mol. The van der Waals surface area contributed by atoms with E-state index in [9.17, 15) is 22.8 Å². The lowest BCUT2D eigenvalue weighted by Gasteiger charge is -2.26. The van der Waals surface area contributed by atoms with E-state index in [1.54, 1.807) is 23.6 Å². The van der Waals surface area contributed by atoms with E-state index in [4.69, 9.17) is 9.47 Å². The van der Waals surface area contributed by atoms with Gasteiger partial charge in [0.2, 0.25) is 10.0 Å². The number of sulfonamides is 1. The van der Waals surface area contributed by atoms with Gasteiger partial charge in [-0.15, -0.1) is 11.3 Å². The van der Waals surface area contributed by atoms with Crippen LogP contribution in [0.3, 0.4) is 0 Å². The van der Waals surface area contributed by atoms with Gasteiger partial charge in [0.05, 0.1) is 23.0 Å². The Morgan fingerprint density at radius 3 is 2.63 bits per heavy atom. The molecule has 0 saturated carbocycles. The normalized spacial score (nSPS) is 19.8. The third kappa shape index (κ3) is 5.72. The first-order chi connectivity index (χ1) is 16.8. The Hall–Kier alpha value is -2.80. The molecule has 0 unspecified atom stereocenters. The van der Waals surface area contributed by atoms with Gasteiger partial charge < -0.3 is 19.7 Å². The minimum absolute atomic E-state index is 0.0514. The number of thiophene rings is 1. The molecule has 2 fully saturated rings. The minimum Gasteiger partial charge on any atom is -0.451 e. The van der Waals surface area contributed by atoms with Gasteiger partial charge in [0, 0.05) is 25.3 Å². The number of amides is 2. The van der Waals surface area contributed by atoms with Crippen LogP contribution in [0.2, 0.25) is 0 Å². The summed E-state index contributed by atoms with van der Waals surface area (Å²) < 4.78 is 37.7. The van der Waals surface area contributed by atoms with E-state index in [0.717, 1.165) is 0 Å². The molecule has 2 aliphatic heterocycles. The Kier molecular flexibility index (Phi) is 7.85. The van der Waals surface area contributed by atoms with Gasteiger partial charge in [0.15, 0.2) is 6.10 Å². The van der Waals surface area contributed by atoms with Crippen molar-refractivity contribution in [2.45, 2.75) is 36.8 Å². The molecule has 3 heterocycles. The number of carbonyl (C=O) groups is 3. The van der Waals surface area contributed by atoms with Crippen molar-refractivity contribution >= 4 is 44.8 Å². The summed E-state index contributed by atoms with van der Waals surface area (Å²) in [6, 6.07) is 8.65. The predicted octanol–water partition coefficient (Wildman–Crippen LogP) is 1.94. The fourth-order valence-corrected chi connectivity index (χ4v) is 6.15. The van der Waals surface area contributed by atoms with Crippen LogP contribution in [0.25, 0.3) is 0 Å². The topological polar surface area (TPSA) is 122 Å². The number of morpholine rings is 1. The number of nitrogens with one attached hydrogen (secondary N) is 1. The molecule has 35 heavy (non-hydrogen) atoms. The van der Waals surface area contributed by atoms with E-state index in [0.29, 0.717) is 37.5 Å². The monoisotopic (exact) mass is 521 g/mol. The molecule has 0 bridgehead atoms. The number of carbonyl (C=O) groups excluding carboxylic acids is 3. The number of likely N-dealkylation sites (tertiary alicyclic amines) is 1. The van der Waals surface area contributed by atoms with Crippen LogP contribution in [0.5, 0.6) is 0 Å². The van der Waals surface area contributed by atoms with Crippen LogP contribution in [0, 0.1) is 0 Å². The summed E-state index contributed by atoms with van der Waals surface area (Å²) in [7, 11) is -3.72. The van der Waals surface area contributed by atoms with Gasteiger partial charge in [0.1, 0.15) is 6.04 Å². The quantitative estimate of drug-likeness (QED) is 0.553. The Labute approximate surface area is 207 Å². The summed E-state index contributed by atoms with van der Waals surface area (Å²) >= 11 is 1.30. The van der Waals surface area contributed by atoms with Gasteiger partial charge >= 0.3 is 5.97 Å². The van der Waals surface area contributed by atoms with Crippen molar-refractivity contribution < 1.29 is 32.3 Å². The first-order valence-electron chi connectivity index (χ1n) is 11.3. The third-order valence-corrected chi connectivity index (χ3v) is 8.64. The summed E-state index contributed by atoms with van der Waals surface area (Å²) in [5.74, 6) is -1.47. The molecule has 2 aromatic rings. The molecule has 1 N–H and O–H groups in total. The van der Waals surface area contributed by atoms with Crippen LogP contribution in [0.4, 0.5) is 5.69 Å². The number of hydrogen-bond donors (Lipinski definition) is 1. The molecule has 2 aliphatic rings. The van der Waals surface area contributed by atoms with Crippen LogP contribution in [0.1, 0.15) is 29.4 Å². The Bertz CT molecular complexity index is 1180. The zero-order valence-electron chi connectivity index (χ0n) is 19.2. The van der Waals surface area contributed by atoms with E-state index >= 15 is 0 Å². The molecule has 0 spiro atoms. The first-order valence-corrected chi connectivity index (χ1v) is 13.6. The SMILES string of the molecule is C[C@H](OC(=O)[C@@H]1CCCN1C(=O)c1cccs1)C(=O)Nc1cccc(S(=O)(=O)N2CCOCC2)c1. The van der Waals surface area contributed by atoms with Crippen LogP contribution in [0.15, 0.2) is 46.7 Å². The second-order valence-corrected chi connectivity index (χ2v) is 11.1. The second-order valence-electron chi connectivity index (χ2n) is 8.25. The molecule has 0 aliphatic carbocycles. The average molecular weight is 522 g/mol. The summed E-state index contributed by atoms with van der Waals surface area (Å²) in [6.07, 6.45) is -0.00515. The Morgan fingerprint density at radius 2 is 1.91 bits per heavy atom. The number of nitrogens with zero attached hydrogens (tertiary/aromatic N) is 2. The Morgan fingerprint density at radius 1 is 1.14 bits per heavy atom. The van der Waals surface area contributed by atoms with Crippen molar-refractivity contribution in [3.05, 3.63) is 46.7 Å². The zero-order chi connectivity index (χ0) is 25.0. The lowest BCUT2D eigenvalue weighted by Crippen LogP contribution is -2.43. The van der Waals surface area contributed by atoms with Crippen molar-refractivity contribution in [2.75, 3.05) is 38.2 Å². The van der Waals surface area contributed by atoms with Gasteiger partial charge in [0.25, 0.3) is 11.8 Å². The molecule has 12 heteroatoms. The number of esters is 1. The lowest BCUT2D eigenvalue weighted by molar-refractivity contribution is -0.156. The Balaban J connectivity index is 1.37. The van der Waals surface area contributed by atoms with E-state index in [2.05, 4.69) is 5.32 Å². The summed E-state index contributed by atoms with van der Waals surface area (Å²) in [5.41, 5.74) is 0.266. The molecular weight excluding hydrogens is 494 g/mol. The van der Waals surface area contributed by atoms with Gasteiger partial charge in [-0.1, -0.05) is 12.1 Å². The summed E-state index contributed by atoms with van der Waals surface area (Å²) in [6.45, 7) is 3.06. The van der Waals surface area contributed by atoms with E-state index in [-0.39, 0.29) is 29.6 Å². The summed E-state index contributed by atoms with van der Waals surface area (Å²) in [4.78, 5) is 40.2. The van der Waals surface area contributed by atoms with Gasteiger partial charge in [-0.3, -0.25) is 9.59 Å². The van der Waals surface area contributed by atoms with Crippen molar-refractivity contribution in [3.8, 4) is 0 Å². The molecule has 1 aromatic carbocycles. The van der Waals surface area contributed by atoms with E-state index in [1.807, 2.05) is 0 Å². The second kappa shape index (κ2) is 10.9. The van der Waals surface area contributed by atoms with Crippen LogP contribution in [-0.4, -0.2) is 80.4 Å². The smallest absolute Gasteiger partial charge is 0.329 e. The highest BCUT2D eigenvalue weighted by molar-refractivity contribution is 7.89. The van der Waals surface area contributed by atoms with E-state index < -0.39 is 34.0 Å². The van der Waals surface area contributed by atoms with Crippen LogP contribution >= 0.6 is 11.3 Å². The van der Waals surface area contributed by atoms with Crippen LogP contribution in [-0.2, 0) is 29.1 Å². The number of ether oxygens (including phenoxy) is 2. The van der Waals surface area contributed by atoms with Crippen molar-refractivity contribution in [1.29, 1.82) is 0 Å². The maximum absolute atomic E-state index is 12.9. The van der Waals surface area contributed by atoms with Crippen molar-refractivity contribution in [2.24, 2.45) is 0 Å². The molecule has 10 nitrogen and oxygen atoms in total. The fourth-order valence-electron chi connectivity index (χ4n) is 4.02. The summed E-state index contributed by atoms with van der Waals surface area (Å²) in [5, 5.41) is 4.40. The highest BCUT2D eigenvalue weighted by Crippen LogP contribution is 2.24. The van der Waals surface area contributed by atoms with Gasteiger partial charge in [-0.2, -0.15) is 4.31 Å². The highest BCUT2D eigenvalue weighted by Gasteiger charge is 2.37. The fraction of sp³-hybridized carbons (Fsp3) is 0.435. The van der Waals surface area contributed by atoms with Gasteiger partial charge in [-0.05, 0) is 49.4 Å². The molecular formula is C23H27N3O7S2. The average Bonchev–Trinajstić information content (AvgIpc) is 3.57. The third-order valence-electron chi connectivity index (χ3n) is 5.89. The maximum Gasteiger partial charge on any atom is 0.329 e. The molecule has 188 valence electrons. The van der Waals surface area contributed by atoms with Crippen molar-refractivity contribution in [3.63, 3.8) is 0 Å². The van der Waals surface area contributed by atoms with Crippen LogP contribution < -0.4 is 5.32 Å². The molecule has 2 amide bonds. The standard InChI is InChI=1S/C23H27N3O7S2/c1-16(33-23(29)19-7-3-9-26(19)22(28)20-8-4-14-34-20)21(27)24-17-5-2-6-18(15-17)35(30,31)25-10-12-32-13-11-25/h2,4-6,8,14-16,19H,3,7,9-13H2,1H3,(H,24,27)/t16-,19-/m0/s1. The first kappa shape index (κ1) is 25.3. The molecule has 2 atom stereocenters. The molecule has 1 aromatic heterocycles. The molecule has 0 radical (unpaired) electrons. The number of rotatable bonds is 7. The minimum atomic E-state index is -3.72.